The van der Waals surface area contributed by atoms with Crippen molar-refractivity contribution in [1.29, 1.82) is 0 Å². The average molecular weight is 352 g/mol. The molecule has 0 unspecified atom stereocenters. The van der Waals surface area contributed by atoms with E-state index < -0.39 is 0 Å². The number of halogens is 1. The summed E-state index contributed by atoms with van der Waals surface area (Å²) >= 11 is 3.51. The number of nitrogens with two attached hydrogens (primary N) is 1. The molecule has 0 aliphatic heterocycles. The standard InChI is InChI=1S/C16H22BrN3O/c1-3-12(4-2)20(7-8-21)16-13-9-11(17)5-6-15(13)19-10-14(16)18/h5-6,9-10,12,21H,3-4,7-8,18H2,1-2H3. The summed E-state index contributed by atoms with van der Waals surface area (Å²) < 4.78 is 0.997. The maximum Gasteiger partial charge on any atom is 0.0745 e. The van der Waals surface area contributed by atoms with Crippen LogP contribution < -0.4 is 10.6 Å². The summed E-state index contributed by atoms with van der Waals surface area (Å²) in [6.07, 6.45) is 3.72. The van der Waals surface area contributed by atoms with Gasteiger partial charge in [-0.25, -0.2) is 0 Å². The highest BCUT2D eigenvalue weighted by atomic mass is 79.9. The number of aliphatic hydroxyl groups excluding tert-OH is 1. The van der Waals surface area contributed by atoms with E-state index >= 15 is 0 Å². The van der Waals surface area contributed by atoms with Crippen molar-refractivity contribution in [1.82, 2.24) is 4.98 Å². The second-order valence-electron chi connectivity index (χ2n) is 5.11. The molecule has 0 spiro atoms. The van der Waals surface area contributed by atoms with Crippen molar-refractivity contribution in [2.75, 3.05) is 23.8 Å². The number of rotatable bonds is 6. The second-order valence-corrected chi connectivity index (χ2v) is 6.03. The summed E-state index contributed by atoms with van der Waals surface area (Å²) in [5.74, 6) is 0. The third-order valence-corrected chi connectivity index (χ3v) is 4.33. The number of nitrogens with zero attached hydrogens (tertiary/aromatic N) is 2. The van der Waals surface area contributed by atoms with Crippen LogP contribution in [-0.4, -0.2) is 29.3 Å². The van der Waals surface area contributed by atoms with Crippen LogP contribution in [0.4, 0.5) is 11.4 Å². The van der Waals surface area contributed by atoms with E-state index in [4.69, 9.17) is 5.73 Å². The summed E-state index contributed by atoms with van der Waals surface area (Å²) in [6, 6.07) is 6.35. The van der Waals surface area contributed by atoms with Crippen LogP contribution in [0, 0.1) is 0 Å². The van der Waals surface area contributed by atoms with Gasteiger partial charge in [0.1, 0.15) is 0 Å². The van der Waals surface area contributed by atoms with Crippen LogP contribution in [0.5, 0.6) is 0 Å². The van der Waals surface area contributed by atoms with Gasteiger partial charge in [-0.15, -0.1) is 0 Å². The molecule has 2 aromatic rings. The van der Waals surface area contributed by atoms with Crippen LogP contribution in [0.25, 0.3) is 10.9 Å². The van der Waals surface area contributed by atoms with Gasteiger partial charge in [0, 0.05) is 22.4 Å². The number of aliphatic hydroxyl groups is 1. The van der Waals surface area contributed by atoms with Gasteiger partial charge in [-0.2, -0.15) is 0 Å². The van der Waals surface area contributed by atoms with Gasteiger partial charge < -0.3 is 15.7 Å². The van der Waals surface area contributed by atoms with Crippen molar-refractivity contribution >= 4 is 38.2 Å². The number of anilines is 2. The van der Waals surface area contributed by atoms with Crippen LogP contribution in [0.15, 0.2) is 28.9 Å². The van der Waals surface area contributed by atoms with E-state index in [1.807, 2.05) is 18.2 Å². The first-order valence-corrected chi connectivity index (χ1v) is 8.12. The molecule has 0 fully saturated rings. The SMILES string of the molecule is CCC(CC)N(CCO)c1c(N)cnc2ccc(Br)cc12. The van der Waals surface area contributed by atoms with Crippen molar-refractivity contribution in [3.05, 3.63) is 28.9 Å². The van der Waals surface area contributed by atoms with Gasteiger partial charge >= 0.3 is 0 Å². The molecule has 1 aromatic carbocycles. The smallest absolute Gasteiger partial charge is 0.0745 e. The average Bonchev–Trinajstić information content (AvgIpc) is 2.47. The van der Waals surface area contributed by atoms with E-state index in [0.717, 1.165) is 33.9 Å². The Hall–Kier alpha value is -1.33. The quantitative estimate of drug-likeness (QED) is 0.834. The summed E-state index contributed by atoms with van der Waals surface area (Å²) in [5, 5.41) is 10.5. The third kappa shape index (κ3) is 3.30. The second kappa shape index (κ2) is 7.09. The van der Waals surface area contributed by atoms with Gasteiger partial charge in [-0.05, 0) is 31.0 Å². The van der Waals surface area contributed by atoms with Crippen LogP contribution in [0.2, 0.25) is 0 Å². The van der Waals surface area contributed by atoms with Crippen molar-refractivity contribution in [2.45, 2.75) is 32.7 Å². The first-order chi connectivity index (χ1) is 10.1. The predicted octanol–water partition coefficient (Wildman–Crippen LogP) is 3.57. The lowest BCUT2D eigenvalue weighted by atomic mass is 10.1. The number of benzene rings is 1. The zero-order valence-corrected chi connectivity index (χ0v) is 14.1. The van der Waals surface area contributed by atoms with Crippen molar-refractivity contribution in [2.24, 2.45) is 0 Å². The molecule has 1 heterocycles. The minimum atomic E-state index is 0.105. The topological polar surface area (TPSA) is 62.4 Å². The van der Waals surface area contributed by atoms with Crippen LogP contribution in [0.1, 0.15) is 26.7 Å². The molecule has 2 rings (SSSR count). The van der Waals surface area contributed by atoms with Gasteiger partial charge in [0.15, 0.2) is 0 Å². The summed E-state index contributed by atoms with van der Waals surface area (Å²) in [7, 11) is 0. The molecular formula is C16H22BrN3O. The highest BCUT2D eigenvalue weighted by molar-refractivity contribution is 9.10. The zero-order chi connectivity index (χ0) is 15.4. The van der Waals surface area contributed by atoms with Crippen LogP contribution >= 0.6 is 15.9 Å². The molecule has 0 atom stereocenters. The van der Waals surface area contributed by atoms with Crippen molar-refractivity contribution < 1.29 is 5.11 Å². The monoisotopic (exact) mass is 351 g/mol. The van der Waals surface area contributed by atoms with Gasteiger partial charge in [-0.3, -0.25) is 4.98 Å². The normalized spacial score (nSPS) is 11.3. The van der Waals surface area contributed by atoms with E-state index in [1.165, 1.54) is 0 Å². The molecule has 0 aliphatic carbocycles. The Morgan fingerprint density at radius 2 is 2.05 bits per heavy atom. The molecule has 0 saturated heterocycles. The van der Waals surface area contributed by atoms with Crippen molar-refractivity contribution in [3.63, 3.8) is 0 Å². The van der Waals surface area contributed by atoms with E-state index in [0.29, 0.717) is 18.3 Å². The van der Waals surface area contributed by atoms with Gasteiger partial charge in [-0.1, -0.05) is 29.8 Å². The third-order valence-electron chi connectivity index (χ3n) is 3.84. The highest BCUT2D eigenvalue weighted by Gasteiger charge is 2.20. The van der Waals surface area contributed by atoms with E-state index in [2.05, 4.69) is 39.7 Å². The Morgan fingerprint density at radius 1 is 1.33 bits per heavy atom. The lowest BCUT2D eigenvalue weighted by molar-refractivity contribution is 0.296. The largest absolute Gasteiger partial charge is 0.396 e. The van der Waals surface area contributed by atoms with E-state index in [9.17, 15) is 5.11 Å². The predicted molar refractivity (Wildman–Crippen MR) is 92.7 cm³/mol. The molecule has 0 amide bonds. The lowest BCUT2D eigenvalue weighted by Gasteiger charge is -2.33. The number of hydrogen-bond acceptors (Lipinski definition) is 4. The molecule has 0 bridgehead atoms. The Kier molecular flexibility index (Phi) is 5.42. The Balaban J connectivity index is 2.65. The maximum atomic E-state index is 9.45. The molecule has 21 heavy (non-hydrogen) atoms. The zero-order valence-electron chi connectivity index (χ0n) is 12.5. The highest BCUT2D eigenvalue weighted by Crippen LogP contribution is 2.35. The molecule has 0 saturated carbocycles. The minimum Gasteiger partial charge on any atom is -0.396 e. The van der Waals surface area contributed by atoms with E-state index in [-0.39, 0.29) is 6.61 Å². The molecular weight excluding hydrogens is 330 g/mol. The Bertz CT molecular complexity index is 608. The van der Waals surface area contributed by atoms with Crippen LogP contribution in [-0.2, 0) is 0 Å². The number of hydrogen-bond donors (Lipinski definition) is 2. The van der Waals surface area contributed by atoms with Crippen molar-refractivity contribution in [3.8, 4) is 0 Å². The molecule has 5 heteroatoms. The summed E-state index contributed by atoms with van der Waals surface area (Å²) in [6.45, 7) is 5.00. The maximum absolute atomic E-state index is 9.45. The fraction of sp³-hybridized carbons (Fsp3) is 0.438. The van der Waals surface area contributed by atoms with E-state index in [1.54, 1.807) is 6.20 Å². The Morgan fingerprint density at radius 3 is 2.67 bits per heavy atom. The Labute approximate surface area is 134 Å². The number of fused-ring (bicyclic) bond motifs is 1. The lowest BCUT2D eigenvalue weighted by Crippen LogP contribution is -2.37. The number of nitrogen functional groups attached to an aromatic ring is 1. The number of aromatic nitrogens is 1. The molecule has 0 radical (unpaired) electrons. The minimum absolute atomic E-state index is 0.105. The molecule has 4 nitrogen and oxygen atoms in total. The van der Waals surface area contributed by atoms with Gasteiger partial charge in [0.2, 0.25) is 0 Å². The molecule has 0 aliphatic rings. The molecule has 114 valence electrons. The molecule has 1 aromatic heterocycles. The van der Waals surface area contributed by atoms with Gasteiger partial charge in [0.05, 0.1) is 29.7 Å². The summed E-state index contributed by atoms with van der Waals surface area (Å²) in [4.78, 5) is 6.62. The van der Waals surface area contributed by atoms with Gasteiger partial charge in [0.25, 0.3) is 0 Å². The fourth-order valence-electron chi connectivity index (χ4n) is 2.80. The molecule has 3 N–H and O–H groups in total. The summed E-state index contributed by atoms with van der Waals surface area (Å²) in [5.41, 5.74) is 8.76. The first kappa shape index (κ1) is 16.0. The van der Waals surface area contributed by atoms with Crippen LogP contribution in [0.3, 0.4) is 0 Å². The first-order valence-electron chi connectivity index (χ1n) is 7.33. The number of pyridine rings is 1. The fourth-order valence-corrected chi connectivity index (χ4v) is 3.16.